The molecule has 2 aromatic heterocycles. The first-order chi connectivity index (χ1) is 10.2. The van der Waals surface area contributed by atoms with Crippen molar-refractivity contribution in [2.45, 2.75) is 13.5 Å². The normalized spacial score (nSPS) is 10.5. The summed E-state index contributed by atoms with van der Waals surface area (Å²) in [5, 5.41) is 16.3. The zero-order valence-electron chi connectivity index (χ0n) is 11.4. The fraction of sp³-hybridized carbons (Fsp3) is 0.143. The lowest BCUT2D eigenvalue weighted by Gasteiger charge is -2.06. The third-order valence-electron chi connectivity index (χ3n) is 2.96. The highest BCUT2D eigenvalue weighted by atomic mass is 32.1. The summed E-state index contributed by atoms with van der Waals surface area (Å²) < 4.78 is 1.62. The van der Waals surface area contributed by atoms with E-state index in [1.165, 1.54) is 16.9 Å². The quantitative estimate of drug-likeness (QED) is 0.799. The van der Waals surface area contributed by atoms with Gasteiger partial charge in [-0.15, -0.1) is 16.4 Å². The van der Waals surface area contributed by atoms with E-state index in [1.807, 2.05) is 42.6 Å². The number of hydrogen-bond acceptors (Lipinski definition) is 5. The first-order valence-electron chi connectivity index (χ1n) is 6.40. The monoisotopic (exact) mass is 299 g/mol. The van der Waals surface area contributed by atoms with E-state index in [0.717, 1.165) is 5.69 Å². The molecule has 3 rings (SSSR count). The summed E-state index contributed by atoms with van der Waals surface area (Å²) >= 11 is 1.40. The van der Waals surface area contributed by atoms with Crippen LogP contribution in [0.4, 0.5) is 0 Å². The van der Waals surface area contributed by atoms with Crippen molar-refractivity contribution in [1.29, 1.82) is 0 Å². The van der Waals surface area contributed by atoms with Gasteiger partial charge >= 0.3 is 0 Å². The van der Waals surface area contributed by atoms with E-state index in [4.69, 9.17) is 0 Å². The van der Waals surface area contributed by atoms with E-state index < -0.39 is 0 Å². The SMILES string of the molecule is Cc1ccc(-n2nnnc2CNC(=O)c2cccs2)cc1. The van der Waals surface area contributed by atoms with E-state index >= 15 is 0 Å². The molecule has 21 heavy (non-hydrogen) atoms. The van der Waals surface area contributed by atoms with Gasteiger partial charge in [-0.1, -0.05) is 23.8 Å². The van der Waals surface area contributed by atoms with Gasteiger partial charge in [-0.25, -0.2) is 0 Å². The first-order valence-corrected chi connectivity index (χ1v) is 7.28. The largest absolute Gasteiger partial charge is 0.344 e. The van der Waals surface area contributed by atoms with Crippen LogP contribution in [0.25, 0.3) is 5.69 Å². The second kappa shape index (κ2) is 5.84. The number of aromatic nitrogens is 4. The number of aryl methyl sites for hydroxylation is 1. The predicted molar refractivity (Wildman–Crippen MR) is 79.4 cm³/mol. The Balaban J connectivity index is 1.74. The number of benzene rings is 1. The zero-order valence-corrected chi connectivity index (χ0v) is 12.2. The van der Waals surface area contributed by atoms with Gasteiger partial charge in [0.15, 0.2) is 5.82 Å². The highest BCUT2D eigenvalue weighted by molar-refractivity contribution is 7.12. The molecular weight excluding hydrogens is 286 g/mol. The summed E-state index contributed by atoms with van der Waals surface area (Å²) in [6.45, 7) is 2.29. The van der Waals surface area contributed by atoms with Crippen LogP contribution in [0.5, 0.6) is 0 Å². The molecule has 6 nitrogen and oxygen atoms in total. The van der Waals surface area contributed by atoms with Crippen LogP contribution in [0.3, 0.4) is 0 Å². The number of nitrogens with zero attached hydrogens (tertiary/aromatic N) is 4. The molecule has 0 saturated heterocycles. The van der Waals surface area contributed by atoms with Crippen LogP contribution in [-0.2, 0) is 6.54 Å². The third kappa shape index (κ3) is 2.97. The summed E-state index contributed by atoms with van der Waals surface area (Å²) in [5.74, 6) is 0.465. The molecule has 0 aliphatic rings. The predicted octanol–water partition coefficient (Wildman–Crippen LogP) is 1.96. The van der Waals surface area contributed by atoms with Gasteiger partial charge in [-0.05, 0) is 40.9 Å². The molecule has 3 aromatic rings. The molecule has 0 unspecified atom stereocenters. The van der Waals surface area contributed by atoms with E-state index in [9.17, 15) is 4.79 Å². The Morgan fingerprint density at radius 3 is 2.81 bits per heavy atom. The average molecular weight is 299 g/mol. The van der Waals surface area contributed by atoms with Crippen molar-refractivity contribution in [3.8, 4) is 5.69 Å². The second-order valence-electron chi connectivity index (χ2n) is 4.50. The maximum absolute atomic E-state index is 11.9. The number of nitrogens with one attached hydrogen (secondary N) is 1. The fourth-order valence-electron chi connectivity index (χ4n) is 1.86. The van der Waals surface area contributed by atoms with Gasteiger partial charge in [0.05, 0.1) is 17.1 Å². The average Bonchev–Trinajstić information content (AvgIpc) is 3.17. The van der Waals surface area contributed by atoms with Crippen molar-refractivity contribution in [1.82, 2.24) is 25.5 Å². The summed E-state index contributed by atoms with van der Waals surface area (Å²) in [6.07, 6.45) is 0. The van der Waals surface area contributed by atoms with Crippen molar-refractivity contribution in [3.05, 3.63) is 58.0 Å². The molecule has 1 N–H and O–H groups in total. The lowest BCUT2D eigenvalue weighted by molar-refractivity contribution is 0.0953. The lowest BCUT2D eigenvalue weighted by atomic mass is 10.2. The summed E-state index contributed by atoms with van der Waals surface area (Å²) in [4.78, 5) is 12.6. The van der Waals surface area contributed by atoms with Gasteiger partial charge in [-0.3, -0.25) is 4.79 Å². The summed E-state index contributed by atoms with van der Waals surface area (Å²) in [6, 6.07) is 11.5. The first kappa shape index (κ1) is 13.4. The molecule has 0 atom stereocenters. The van der Waals surface area contributed by atoms with Gasteiger partial charge in [0.25, 0.3) is 5.91 Å². The van der Waals surface area contributed by atoms with Crippen LogP contribution >= 0.6 is 11.3 Å². The van der Waals surface area contributed by atoms with Gasteiger partial charge in [0.2, 0.25) is 0 Å². The molecule has 0 spiro atoms. The van der Waals surface area contributed by atoms with E-state index in [2.05, 4.69) is 20.8 Å². The van der Waals surface area contributed by atoms with Crippen LogP contribution in [0, 0.1) is 6.92 Å². The minimum absolute atomic E-state index is 0.122. The summed E-state index contributed by atoms with van der Waals surface area (Å²) in [5.41, 5.74) is 2.03. The molecule has 0 aliphatic carbocycles. The zero-order chi connectivity index (χ0) is 14.7. The number of amides is 1. The van der Waals surface area contributed by atoms with Crippen LogP contribution < -0.4 is 5.32 Å². The Morgan fingerprint density at radius 2 is 2.10 bits per heavy atom. The van der Waals surface area contributed by atoms with Gasteiger partial charge in [-0.2, -0.15) is 4.68 Å². The topological polar surface area (TPSA) is 72.7 Å². The van der Waals surface area contributed by atoms with E-state index in [0.29, 0.717) is 10.7 Å². The lowest BCUT2D eigenvalue weighted by Crippen LogP contribution is -2.23. The van der Waals surface area contributed by atoms with Crippen molar-refractivity contribution in [2.24, 2.45) is 0 Å². The number of tetrazole rings is 1. The number of thiophene rings is 1. The van der Waals surface area contributed by atoms with Gasteiger partial charge < -0.3 is 5.32 Å². The standard InChI is InChI=1S/C14H13N5OS/c1-10-4-6-11(7-5-10)19-13(16-17-18-19)9-15-14(20)12-3-2-8-21-12/h2-8H,9H2,1H3,(H,15,20). The number of carbonyl (C=O) groups is 1. The number of hydrogen-bond donors (Lipinski definition) is 1. The van der Waals surface area contributed by atoms with Crippen molar-refractivity contribution < 1.29 is 4.79 Å². The molecule has 1 amide bonds. The molecule has 2 heterocycles. The highest BCUT2D eigenvalue weighted by Gasteiger charge is 2.11. The third-order valence-corrected chi connectivity index (χ3v) is 3.83. The Morgan fingerprint density at radius 1 is 1.29 bits per heavy atom. The Labute approximate surface area is 125 Å². The molecule has 0 saturated carbocycles. The minimum atomic E-state index is -0.122. The Kier molecular flexibility index (Phi) is 3.74. The fourth-order valence-corrected chi connectivity index (χ4v) is 2.50. The molecule has 0 radical (unpaired) electrons. The molecular formula is C14H13N5OS. The summed E-state index contributed by atoms with van der Waals surface area (Å²) in [7, 11) is 0. The number of carbonyl (C=O) groups excluding carboxylic acids is 1. The molecule has 1 aromatic carbocycles. The molecule has 7 heteroatoms. The smallest absolute Gasteiger partial charge is 0.261 e. The maximum Gasteiger partial charge on any atom is 0.261 e. The van der Waals surface area contributed by atoms with E-state index in [1.54, 1.807) is 10.7 Å². The Hall–Kier alpha value is -2.54. The van der Waals surface area contributed by atoms with Gasteiger partial charge in [0.1, 0.15) is 0 Å². The van der Waals surface area contributed by atoms with Gasteiger partial charge in [0, 0.05) is 0 Å². The van der Waals surface area contributed by atoms with Crippen molar-refractivity contribution in [3.63, 3.8) is 0 Å². The van der Waals surface area contributed by atoms with Crippen molar-refractivity contribution in [2.75, 3.05) is 0 Å². The van der Waals surface area contributed by atoms with Crippen LogP contribution in [0.1, 0.15) is 21.1 Å². The minimum Gasteiger partial charge on any atom is -0.344 e. The molecule has 0 aliphatic heterocycles. The second-order valence-corrected chi connectivity index (χ2v) is 5.45. The van der Waals surface area contributed by atoms with E-state index in [-0.39, 0.29) is 12.5 Å². The van der Waals surface area contributed by atoms with Crippen LogP contribution in [0.2, 0.25) is 0 Å². The van der Waals surface area contributed by atoms with Crippen LogP contribution in [0.15, 0.2) is 41.8 Å². The number of rotatable bonds is 4. The van der Waals surface area contributed by atoms with Crippen LogP contribution in [-0.4, -0.2) is 26.1 Å². The Bertz CT molecular complexity index is 733. The van der Waals surface area contributed by atoms with Crippen molar-refractivity contribution >= 4 is 17.2 Å². The highest BCUT2D eigenvalue weighted by Crippen LogP contribution is 2.10. The molecule has 0 fully saturated rings. The molecule has 106 valence electrons. The molecule has 0 bridgehead atoms. The maximum atomic E-state index is 11.9.